The van der Waals surface area contributed by atoms with Gasteiger partial charge in [-0.15, -0.1) is 0 Å². The highest BCUT2D eigenvalue weighted by Crippen LogP contribution is 2.19. The van der Waals surface area contributed by atoms with E-state index < -0.39 is 17.6 Å². The van der Waals surface area contributed by atoms with Crippen molar-refractivity contribution in [2.75, 3.05) is 11.9 Å². The Morgan fingerprint density at radius 3 is 2.53 bits per heavy atom. The normalized spacial score (nSPS) is 10.6. The van der Waals surface area contributed by atoms with Gasteiger partial charge in [0.15, 0.2) is 17.5 Å². The number of hydrogen-bond acceptors (Lipinski definition) is 3. The second-order valence-electron chi connectivity index (χ2n) is 4.19. The fraction of sp³-hybridized carbons (Fsp3) is 0.231. The Kier molecular flexibility index (Phi) is 3.69. The van der Waals surface area contributed by atoms with Crippen molar-refractivity contribution in [1.82, 2.24) is 9.97 Å². The molecule has 2 aromatic rings. The molecule has 0 aliphatic heterocycles. The number of halogens is 3. The Balaban J connectivity index is 2.25. The van der Waals surface area contributed by atoms with E-state index in [0.29, 0.717) is 11.8 Å². The largest absolute Gasteiger partial charge is 0.351 e. The van der Waals surface area contributed by atoms with Gasteiger partial charge in [-0.3, -0.25) is 4.98 Å². The molecule has 2 heterocycles. The molecule has 0 radical (unpaired) electrons. The maximum Gasteiger partial charge on any atom is 0.251 e. The van der Waals surface area contributed by atoms with Gasteiger partial charge in [-0.2, -0.15) is 9.37 Å². The summed E-state index contributed by atoms with van der Waals surface area (Å²) in [6.45, 7) is 2.08. The van der Waals surface area contributed by atoms with Gasteiger partial charge in [0.2, 0.25) is 0 Å². The summed E-state index contributed by atoms with van der Waals surface area (Å²) in [4.78, 5) is 8.90. The van der Waals surface area contributed by atoms with Gasteiger partial charge in [0.1, 0.15) is 0 Å². The van der Waals surface area contributed by atoms with Gasteiger partial charge in [-0.1, -0.05) is 6.07 Å². The molecule has 2 rings (SSSR count). The van der Waals surface area contributed by atoms with Crippen LogP contribution in [0.4, 0.5) is 19.0 Å². The van der Waals surface area contributed by atoms with Crippen molar-refractivity contribution in [3.63, 3.8) is 0 Å². The lowest BCUT2D eigenvalue weighted by atomic mass is 10.3. The third kappa shape index (κ3) is 3.01. The van der Waals surface area contributed by atoms with E-state index in [-0.39, 0.29) is 12.4 Å². The Morgan fingerprint density at radius 1 is 1.11 bits per heavy atom. The van der Waals surface area contributed by atoms with E-state index in [1.807, 2.05) is 19.1 Å². The molecule has 100 valence electrons. The number of rotatable bonds is 3. The molecule has 0 aliphatic rings. The van der Waals surface area contributed by atoms with Gasteiger partial charge in [-0.05, 0) is 19.1 Å². The van der Waals surface area contributed by atoms with Crippen molar-refractivity contribution in [1.29, 1.82) is 0 Å². The molecule has 0 N–H and O–H groups in total. The van der Waals surface area contributed by atoms with E-state index in [0.717, 1.165) is 5.69 Å². The zero-order chi connectivity index (χ0) is 14.0. The minimum absolute atomic E-state index is 0.247. The van der Waals surface area contributed by atoms with Crippen molar-refractivity contribution < 1.29 is 13.2 Å². The molecule has 0 saturated carbocycles. The van der Waals surface area contributed by atoms with Crippen LogP contribution < -0.4 is 4.90 Å². The minimum atomic E-state index is -1.32. The van der Waals surface area contributed by atoms with Gasteiger partial charge in [0.05, 0.1) is 12.2 Å². The maximum absolute atomic E-state index is 13.5. The highest BCUT2D eigenvalue weighted by molar-refractivity contribution is 5.39. The van der Waals surface area contributed by atoms with Gasteiger partial charge in [0.25, 0.3) is 5.95 Å². The van der Waals surface area contributed by atoms with Crippen LogP contribution in [-0.2, 0) is 6.54 Å². The lowest BCUT2D eigenvalue weighted by Gasteiger charge is -2.18. The molecule has 0 atom stereocenters. The maximum atomic E-state index is 13.5. The highest BCUT2D eigenvalue weighted by atomic mass is 19.2. The van der Waals surface area contributed by atoms with Crippen LogP contribution in [0.1, 0.15) is 11.4 Å². The van der Waals surface area contributed by atoms with Crippen molar-refractivity contribution in [2.24, 2.45) is 0 Å². The summed E-state index contributed by atoms with van der Waals surface area (Å²) in [6.07, 6.45) is 0. The third-order valence-corrected chi connectivity index (χ3v) is 2.57. The first-order valence-electron chi connectivity index (χ1n) is 5.62. The molecule has 2 aromatic heterocycles. The number of aryl methyl sites for hydroxylation is 1. The van der Waals surface area contributed by atoms with Crippen molar-refractivity contribution in [3.8, 4) is 0 Å². The molecule has 3 nitrogen and oxygen atoms in total. The Labute approximate surface area is 108 Å². The summed E-state index contributed by atoms with van der Waals surface area (Å²) in [5, 5.41) is 0. The number of pyridine rings is 2. The molecule has 6 heteroatoms. The molecule has 0 spiro atoms. The predicted molar refractivity (Wildman–Crippen MR) is 65.2 cm³/mol. The molecule has 0 fully saturated rings. The van der Waals surface area contributed by atoms with Gasteiger partial charge >= 0.3 is 0 Å². The van der Waals surface area contributed by atoms with Gasteiger partial charge < -0.3 is 4.90 Å². The SMILES string of the molecule is Cc1cccc(CN(C)c2nc(F)c(F)cc2F)n1. The minimum Gasteiger partial charge on any atom is -0.351 e. The average Bonchev–Trinajstić information content (AvgIpc) is 2.33. The van der Waals surface area contributed by atoms with Gasteiger partial charge in [-0.25, -0.2) is 8.78 Å². The van der Waals surface area contributed by atoms with Crippen LogP contribution in [0, 0.1) is 24.5 Å². The molecule has 0 bridgehead atoms. The summed E-state index contributed by atoms with van der Waals surface area (Å²) < 4.78 is 39.4. The van der Waals surface area contributed by atoms with Crippen molar-refractivity contribution in [2.45, 2.75) is 13.5 Å². The van der Waals surface area contributed by atoms with Crippen molar-refractivity contribution in [3.05, 3.63) is 53.2 Å². The van der Waals surface area contributed by atoms with E-state index >= 15 is 0 Å². The van der Waals surface area contributed by atoms with E-state index in [9.17, 15) is 13.2 Å². The third-order valence-electron chi connectivity index (χ3n) is 2.57. The van der Waals surface area contributed by atoms with Crippen LogP contribution in [0.15, 0.2) is 24.3 Å². The number of aromatic nitrogens is 2. The Hall–Kier alpha value is -2.11. The monoisotopic (exact) mass is 267 g/mol. The van der Waals surface area contributed by atoms with E-state index in [1.54, 1.807) is 6.07 Å². The molecular weight excluding hydrogens is 255 g/mol. The fourth-order valence-corrected chi connectivity index (χ4v) is 1.71. The molecule has 0 unspecified atom stereocenters. The van der Waals surface area contributed by atoms with Crippen LogP contribution in [0.5, 0.6) is 0 Å². The zero-order valence-corrected chi connectivity index (χ0v) is 10.5. The second kappa shape index (κ2) is 5.26. The molecule has 0 aliphatic carbocycles. The fourth-order valence-electron chi connectivity index (χ4n) is 1.71. The standard InChI is InChI=1S/C13H12F3N3/c1-8-4-3-5-9(17-8)7-19(2)13-11(15)6-10(14)12(16)18-13/h3-6H,7H2,1-2H3. The molecule has 19 heavy (non-hydrogen) atoms. The summed E-state index contributed by atoms with van der Waals surface area (Å²) in [5.74, 6) is -3.78. The second-order valence-corrected chi connectivity index (χ2v) is 4.19. The molecular formula is C13H12F3N3. The summed E-state index contributed by atoms with van der Waals surface area (Å²) in [7, 11) is 1.53. The first kappa shape index (κ1) is 13.3. The van der Waals surface area contributed by atoms with Crippen molar-refractivity contribution >= 4 is 5.82 Å². The topological polar surface area (TPSA) is 29.0 Å². The summed E-state index contributed by atoms with van der Waals surface area (Å²) in [6, 6.07) is 5.90. The highest BCUT2D eigenvalue weighted by Gasteiger charge is 2.15. The first-order chi connectivity index (χ1) is 8.97. The molecule has 0 saturated heterocycles. The van der Waals surface area contributed by atoms with Crippen LogP contribution in [0.2, 0.25) is 0 Å². The summed E-state index contributed by atoms with van der Waals surface area (Å²) >= 11 is 0. The van der Waals surface area contributed by atoms with E-state index in [1.165, 1.54) is 11.9 Å². The predicted octanol–water partition coefficient (Wildman–Crippen LogP) is 2.84. The molecule has 0 amide bonds. The first-order valence-corrected chi connectivity index (χ1v) is 5.62. The zero-order valence-electron chi connectivity index (χ0n) is 10.5. The van der Waals surface area contributed by atoms with E-state index in [2.05, 4.69) is 9.97 Å². The van der Waals surface area contributed by atoms with Crippen LogP contribution in [-0.4, -0.2) is 17.0 Å². The Bertz CT molecular complexity index is 602. The number of hydrogen-bond donors (Lipinski definition) is 0. The van der Waals surface area contributed by atoms with Crippen LogP contribution in [0.3, 0.4) is 0 Å². The lowest BCUT2D eigenvalue weighted by molar-refractivity contribution is 0.463. The number of anilines is 1. The smallest absolute Gasteiger partial charge is 0.251 e. The summed E-state index contributed by atoms with van der Waals surface area (Å²) in [5.41, 5.74) is 1.51. The van der Waals surface area contributed by atoms with Gasteiger partial charge in [0, 0.05) is 18.8 Å². The molecule has 0 aromatic carbocycles. The van der Waals surface area contributed by atoms with Crippen LogP contribution in [0.25, 0.3) is 0 Å². The quantitative estimate of drug-likeness (QED) is 0.801. The lowest BCUT2D eigenvalue weighted by Crippen LogP contribution is -2.20. The Morgan fingerprint density at radius 2 is 1.84 bits per heavy atom. The average molecular weight is 267 g/mol. The van der Waals surface area contributed by atoms with Crippen LogP contribution >= 0.6 is 0 Å². The van der Waals surface area contributed by atoms with E-state index in [4.69, 9.17) is 0 Å². The number of nitrogens with zero attached hydrogens (tertiary/aromatic N) is 3.